The topological polar surface area (TPSA) is 77.4 Å². The first-order chi connectivity index (χ1) is 15.0. The average Bonchev–Trinajstić information content (AvgIpc) is 2.70. The van der Waals surface area contributed by atoms with Gasteiger partial charge in [0.25, 0.3) is 0 Å². The summed E-state index contributed by atoms with van der Waals surface area (Å²) in [5, 5.41) is 24.4. The molecule has 1 aliphatic heterocycles. The highest BCUT2D eigenvalue weighted by molar-refractivity contribution is 6.02. The van der Waals surface area contributed by atoms with Crippen LogP contribution in [-0.2, 0) is 0 Å². The Hall–Kier alpha value is -2.93. The number of anilines is 2. The summed E-state index contributed by atoms with van der Waals surface area (Å²) in [7, 11) is 6.08. The van der Waals surface area contributed by atoms with Gasteiger partial charge in [0.05, 0.1) is 16.8 Å². The minimum absolute atomic E-state index is 0.0542. The van der Waals surface area contributed by atoms with Crippen molar-refractivity contribution in [2.24, 2.45) is 0 Å². The predicted molar refractivity (Wildman–Crippen MR) is 131 cm³/mol. The highest BCUT2D eigenvalue weighted by atomic mass is 16.3. The van der Waals surface area contributed by atoms with Gasteiger partial charge in [-0.3, -0.25) is 4.98 Å². The molecule has 1 aliphatic rings. The third kappa shape index (κ3) is 4.21. The minimum atomic E-state index is 0.0542. The molecule has 0 saturated carbocycles. The van der Waals surface area contributed by atoms with E-state index in [2.05, 4.69) is 60.1 Å². The van der Waals surface area contributed by atoms with Gasteiger partial charge < -0.3 is 20.2 Å². The molecule has 1 saturated heterocycles. The third-order valence-corrected chi connectivity index (χ3v) is 6.33. The molecule has 0 amide bonds. The summed E-state index contributed by atoms with van der Waals surface area (Å²) < 4.78 is 0. The van der Waals surface area contributed by atoms with E-state index in [-0.39, 0.29) is 16.8 Å². The van der Waals surface area contributed by atoms with Crippen LogP contribution in [0.5, 0.6) is 5.75 Å². The van der Waals surface area contributed by atoms with Gasteiger partial charge in [0.2, 0.25) is 0 Å². The molecule has 2 N–H and O–H groups in total. The van der Waals surface area contributed by atoms with E-state index in [1.807, 2.05) is 43.3 Å². The fraction of sp³-hybridized carbons (Fsp3) is 0.480. The number of piperidine rings is 1. The van der Waals surface area contributed by atoms with Gasteiger partial charge >= 0.3 is 0 Å². The van der Waals surface area contributed by atoms with E-state index in [4.69, 9.17) is 0 Å². The SMILES string of the molecule is CN(C)c1ccnc2c(-c3ccc(N(C)C4CC(C)(C)NC(C)(C)C4)nn3)c(O)ccc12. The molecule has 0 radical (unpaired) electrons. The number of aromatic nitrogens is 3. The molecule has 7 nitrogen and oxygen atoms in total. The van der Waals surface area contributed by atoms with E-state index in [9.17, 15) is 5.11 Å². The first kappa shape index (κ1) is 22.3. The van der Waals surface area contributed by atoms with Crippen molar-refractivity contribution >= 4 is 22.4 Å². The minimum Gasteiger partial charge on any atom is -0.507 e. The van der Waals surface area contributed by atoms with Gasteiger partial charge in [-0.1, -0.05) is 0 Å². The number of nitrogens with zero attached hydrogens (tertiary/aromatic N) is 5. The number of pyridine rings is 1. The first-order valence-corrected chi connectivity index (χ1v) is 11.1. The van der Waals surface area contributed by atoms with Gasteiger partial charge in [-0.05, 0) is 70.9 Å². The molecule has 170 valence electrons. The summed E-state index contributed by atoms with van der Waals surface area (Å²) in [6, 6.07) is 9.83. The lowest BCUT2D eigenvalue weighted by molar-refractivity contribution is 0.160. The number of rotatable bonds is 4. The molecule has 7 heteroatoms. The number of aromatic hydroxyl groups is 1. The third-order valence-electron chi connectivity index (χ3n) is 6.33. The molecule has 2 aromatic heterocycles. The van der Waals surface area contributed by atoms with Crippen molar-refractivity contribution in [1.29, 1.82) is 0 Å². The number of nitrogens with one attached hydrogen (secondary N) is 1. The summed E-state index contributed by atoms with van der Waals surface area (Å²) in [5.74, 6) is 0.979. The highest BCUT2D eigenvalue weighted by Gasteiger charge is 2.39. The van der Waals surface area contributed by atoms with Gasteiger partial charge in [-0.2, -0.15) is 0 Å². The summed E-state index contributed by atoms with van der Waals surface area (Å²) in [6.07, 6.45) is 3.81. The van der Waals surface area contributed by atoms with Gasteiger partial charge in [-0.25, -0.2) is 0 Å². The Labute approximate surface area is 190 Å². The molecule has 0 aliphatic carbocycles. The van der Waals surface area contributed by atoms with Gasteiger partial charge in [0.15, 0.2) is 5.82 Å². The first-order valence-electron chi connectivity index (χ1n) is 11.1. The lowest BCUT2D eigenvalue weighted by atomic mass is 9.79. The maximum atomic E-state index is 10.7. The maximum absolute atomic E-state index is 10.7. The van der Waals surface area contributed by atoms with E-state index >= 15 is 0 Å². The Balaban J connectivity index is 1.68. The van der Waals surface area contributed by atoms with Crippen LogP contribution in [-0.4, -0.2) is 58.6 Å². The van der Waals surface area contributed by atoms with Crippen LogP contribution in [0.2, 0.25) is 0 Å². The van der Waals surface area contributed by atoms with Crippen LogP contribution in [0.4, 0.5) is 11.5 Å². The number of benzene rings is 1. The number of hydrogen-bond donors (Lipinski definition) is 2. The largest absolute Gasteiger partial charge is 0.507 e. The monoisotopic (exact) mass is 434 g/mol. The Morgan fingerprint density at radius 3 is 2.22 bits per heavy atom. The van der Waals surface area contributed by atoms with Gasteiger partial charge in [0, 0.05) is 55.5 Å². The quantitative estimate of drug-likeness (QED) is 0.637. The van der Waals surface area contributed by atoms with Crippen LogP contribution in [0.1, 0.15) is 40.5 Å². The van der Waals surface area contributed by atoms with Crippen LogP contribution < -0.4 is 15.1 Å². The molecule has 0 bridgehead atoms. The van der Waals surface area contributed by atoms with Crippen molar-refractivity contribution in [2.75, 3.05) is 30.9 Å². The summed E-state index contributed by atoms with van der Waals surface area (Å²) in [5.41, 5.74) is 3.08. The zero-order chi connectivity index (χ0) is 23.3. The number of fused-ring (bicyclic) bond motifs is 1. The maximum Gasteiger partial charge on any atom is 0.151 e. The zero-order valence-corrected chi connectivity index (χ0v) is 20.1. The molecule has 3 aromatic rings. The number of hydrogen-bond acceptors (Lipinski definition) is 7. The van der Waals surface area contributed by atoms with Crippen molar-refractivity contribution in [3.05, 3.63) is 36.5 Å². The fourth-order valence-electron chi connectivity index (χ4n) is 5.21. The van der Waals surface area contributed by atoms with Crippen LogP contribution in [0.15, 0.2) is 36.5 Å². The van der Waals surface area contributed by atoms with E-state index in [1.54, 1.807) is 12.3 Å². The molecule has 0 atom stereocenters. The van der Waals surface area contributed by atoms with Crippen LogP contribution >= 0.6 is 0 Å². The van der Waals surface area contributed by atoms with E-state index < -0.39 is 0 Å². The van der Waals surface area contributed by atoms with Crippen molar-refractivity contribution in [3.8, 4) is 17.0 Å². The Kier molecular flexibility index (Phi) is 5.49. The van der Waals surface area contributed by atoms with Crippen LogP contribution in [0, 0.1) is 0 Å². The van der Waals surface area contributed by atoms with Crippen LogP contribution in [0.25, 0.3) is 22.2 Å². The molecule has 4 rings (SSSR count). The second kappa shape index (κ2) is 7.89. The number of phenolic OH excluding ortho intramolecular Hbond substituents is 1. The fourth-order valence-corrected chi connectivity index (χ4v) is 5.21. The number of phenols is 1. The Bertz CT molecular complexity index is 1110. The molecule has 1 fully saturated rings. The van der Waals surface area contributed by atoms with Gasteiger partial charge in [-0.15, -0.1) is 10.2 Å². The Morgan fingerprint density at radius 1 is 0.938 bits per heavy atom. The molecule has 32 heavy (non-hydrogen) atoms. The van der Waals surface area contributed by atoms with E-state index in [0.717, 1.165) is 29.7 Å². The molecule has 0 unspecified atom stereocenters. The van der Waals surface area contributed by atoms with Crippen molar-refractivity contribution < 1.29 is 5.11 Å². The van der Waals surface area contributed by atoms with E-state index in [1.165, 1.54) is 0 Å². The molecular formula is C25H34N6O. The molecule has 0 spiro atoms. The van der Waals surface area contributed by atoms with Crippen LogP contribution in [0.3, 0.4) is 0 Å². The van der Waals surface area contributed by atoms with Crippen molar-refractivity contribution in [1.82, 2.24) is 20.5 Å². The van der Waals surface area contributed by atoms with E-state index in [0.29, 0.717) is 22.8 Å². The standard InChI is InChI=1S/C25H34N6O/c1-24(2)14-16(15-25(3,4)29-24)31(7)21-11-9-18(27-28-21)22-20(32)10-8-17-19(30(5)6)12-13-26-23(17)22/h8-13,16,29,32H,14-15H2,1-7H3. The zero-order valence-electron chi connectivity index (χ0n) is 20.1. The second-order valence-electron chi connectivity index (χ2n) is 10.4. The molecule has 1 aromatic carbocycles. The molecular weight excluding hydrogens is 400 g/mol. The summed E-state index contributed by atoms with van der Waals surface area (Å²) in [6.45, 7) is 9.01. The highest BCUT2D eigenvalue weighted by Crippen LogP contribution is 2.38. The molecule has 3 heterocycles. The summed E-state index contributed by atoms with van der Waals surface area (Å²) in [4.78, 5) is 8.82. The lowest BCUT2D eigenvalue weighted by Crippen LogP contribution is -2.62. The second-order valence-corrected chi connectivity index (χ2v) is 10.4. The predicted octanol–water partition coefficient (Wildman–Crippen LogP) is 4.21. The normalized spacial score (nSPS) is 18.0. The average molecular weight is 435 g/mol. The van der Waals surface area contributed by atoms with Gasteiger partial charge in [0.1, 0.15) is 5.75 Å². The lowest BCUT2D eigenvalue weighted by Gasteiger charge is -2.49. The van der Waals surface area contributed by atoms with Crippen molar-refractivity contribution in [3.63, 3.8) is 0 Å². The Morgan fingerprint density at radius 2 is 1.62 bits per heavy atom. The smallest absolute Gasteiger partial charge is 0.151 e. The summed E-state index contributed by atoms with van der Waals surface area (Å²) >= 11 is 0. The van der Waals surface area contributed by atoms with Crippen molar-refractivity contribution in [2.45, 2.75) is 57.7 Å².